The Kier molecular flexibility index (Phi) is 10.3. The molecule has 0 aliphatic carbocycles. The van der Waals surface area contributed by atoms with Crippen molar-refractivity contribution in [1.82, 2.24) is 0 Å². The molecule has 0 aromatic rings. The summed E-state index contributed by atoms with van der Waals surface area (Å²) in [7, 11) is -1.25. The number of hydrogen-bond donors (Lipinski definition) is 0. The molecule has 0 aromatic carbocycles. The molecular weight excluding hydrogens is 224 g/mol. The lowest BCUT2D eigenvalue weighted by Crippen LogP contribution is -2.49. The zero-order valence-electron chi connectivity index (χ0n) is 11.1. The maximum absolute atomic E-state index is 5.70. The molecule has 0 bridgehead atoms. The number of hydrogen-bond acceptors (Lipinski definition) is 4. The van der Waals surface area contributed by atoms with Gasteiger partial charge in [-0.3, -0.25) is 0 Å². The molecule has 0 aromatic heterocycles. The molecule has 0 fully saturated rings. The van der Waals surface area contributed by atoms with Gasteiger partial charge in [0.1, 0.15) is 0 Å². The van der Waals surface area contributed by atoms with Crippen LogP contribution in [-0.2, 0) is 17.7 Å². The van der Waals surface area contributed by atoms with E-state index in [2.05, 4.69) is 20.8 Å². The Labute approximate surface area is 101 Å². The lowest BCUT2D eigenvalue weighted by molar-refractivity contribution is -0.0228. The van der Waals surface area contributed by atoms with Crippen LogP contribution in [0.5, 0.6) is 0 Å². The largest absolute Gasteiger partial charge is 0.679 e. The zero-order chi connectivity index (χ0) is 12.3. The first kappa shape index (κ1) is 16.1. The average Bonchev–Trinajstić information content (AvgIpc) is 2.32. The van der Waals surface area contributed by atoms with Crippen LogP contribution in [0.25, 0.3) is 0 Å². The van der Waals surface area contributed by atoms with Crippen molar-refractivity contribution in [2.75, 3.05) is 26.9 Å². The van der Waals surface area contributed by atoms with E-state index < -0.39 is 9.05 Å². The maximum Gasteiger partial charge on any atom is 0.679 e. The van der Waals surface area contributed by atoms with Gasteiger partial charge in [0.05, 0.1) is 0 Å². The van der Waals surface area contributed by atoms with Crippen LogP contribution >= 0.6 is 0 Å². The van der Waals surface area contributed by atoms with Gasteiger partial charge < -0.3 is 17.7 Å². The Morgan fingerprint density at radius 1 is 0.750 bits per heavy atom. The van der Waals surface area contributed by atoms with Gasteiger partial charge in [-0.15, -0.1) is 0 Å². The van der Waals surface area contributed by atoms with Gasteiger partial charge in [0.15, 0.2) is 0 Å². The van der Waals surface area contributed by atoms with E-state index in [0.717, 1.165) is 25.7 Å². The predicted octanol–water partition coefficient (Wildman–Crippen LogP) is 2.74. The van der Waals surface area contributed by atoms with Crippen LogP contribution in [0.15, 0.2) is 0 Å². The second-order valence-electron chi connectivity index (χ2n) is 3.60. The van der Waals surface area contributed by atoms with Crippen molar-refractivity contribution < 1.29 is 17.7 Å². The molecule has 0 atom stereocenters. The standard InChI is InChI=1S/C11H26O4Si/c1-5-8-11-15-16(12-4,13-9-6-2)14-10-7-3/h5-11H2,1-4H3. The molecule has 0 amide bonds. The average molecular weight is 250 g/mol. The summed E-state index contributed by atoms with van der Waals surface area (Å²) in [5.74, 6) is 0. The van der Waals surface area contributed by atoms with Gasteiger partial charge in [0.2, 0.25) is 0 Å². The molecule has 0 radical (unpaired) electrons. The van der Waals surface area contributed by atoms with Gasteiger partial charge in [-0.1, -0.05) is 27.2 Å². The van der Waals surface area contributed by atoms with Crippen molar-refractivity contribution in [2.45, 2.75) is 46.5 Å². The van der Waals surface area contributed by atoms with Gasteiger partial charge in [0, 0.05) is 26.9 Å². The molecule has 0 spiro atoms. The Balaban J connectivity index is 4.16. The van der Waals surface area contributed by atoms with Crippen LogP contribution in [0.2, 0.25) is 0 Å². The van der Waals surface area contributed by atoms with E-state index in [1.54, 1.807) is 7.11 Å². The summed E-state index contributed by atoms with van der Waals surface area (Å²) in [6.07, 6.45) is 3.97. The van der Waals surface area contributed by atoms with E-state index in [1.807, 2.05) is 0 Å². The molecule has 4 nitrogen and oxygen atoms in total. The Bertz CT molecular complexity index is 147. The molecule has 0 unspecified atom stereocenters. The molecule has 16 heavy (non-hydrogen) atoms. The third kappa shape index (κ3) is 6.60. The second-order valence-corrected chi connectivity index (χ2v) is 5.88. The molecule has 0 N–H and O–H groups in total. The van der Waals surface area contributed by atoms with Gasteiger partial charge >= 0.3 is 9.05 Å². The Hall–Kier alpha value is 0.0569. The highest BCUT2D eigenvalue weighted by molar-refractivity contribution is 6.53. The van der Waals surface area contributed by atoms with Gasteiger partial charge in [-0.25, -0.2) is 0 Å². The first-order valence-corrected chi connectivity index (χ1v) is 7.85. The monoisotopic (exact) mass is 250 g/mol. The molecule has 0 rings (SSSR count). The molecule has 0 heterocycles. The molecule has 0 saturated carbocycles. The van der Waals surface area contributed by atoms with Crippen LogP contribution in [0.4, 0.5) is 0 Å². The summed E-state index contributed by atoms with van der Waals surface area (Å²) < 4.78 is 22.4. The minimum absolute atomic E-state index is 0.621. The number of rotatable bonds is 11. The molecule has 0 aliphatic heterocycles. The molecule has 5 heteroatoms. The minimum atomic E-state index is -2.85. The molecule has 0 saturated heterocycles. The maximum atomic E-state index is 5.70. The highest BCUT2D eigenvalue weighted by Crippen LogP contribution is 2.12. The first-order chi connectivity index (χ1) is 7.74. The van der Waals surface area contributed by atoms with Crippen molar-refractivity contribution in [1.29, 1.82) is 0 Å². The Morgan fingerprint density at radius 2 is 1.25 bits per heavy atom. The fourth-order valence-electron chi connectivity index (χ4n) is 1.10. The summed E-state index contributed by atoms with van der Waals surface area (Å²) in [5, 5.41) is 0. The summed E-state index contributed by atoms with van der Waals surface area (Å²) in [4.78, 5) is 0. The first-order valence-electron chi connectivity index (χ1n) is 6.21. The second kappa shape index (κ2) is 10.2. The molecule has 98 valence electrons. The van der Waals surface area contributed by atoms with E-state index >= 15 is 0 Å². The van der Waals surface area contributed by atoms with Crippen LogP contribution < -0.4 is 0 Å². The lowest BCUT2D eigenvalue weighted by atomic mass is 10.4. The van der Waals surface area contributed by atoms with Gasteiger partial charge in [-0.05, 0) is 19.3 Å². The summed E-state index contributed by atoms with van der Waals surface area (Å²) in [6.45, 7) is 8.12. The predicted molar refractivity (Wildman–Crippen MR) is 66.1 cm³/mol. The van der Waals surface area contributed by atoms with E-state index in [1.165, 1.54) is 0 Å². The lowest BCUT2D eigenvalue weighted by Gasteiger charge is -2.26. The van der Waals surface area contributed by atoms with Crippen LogP contribution in [0.3, 0.4) is 0 Å². The Morgan fingerprint density at radius 3 is 1.62 bits per heavy atom. The molecule has 0 aliphatic rings. The van der Waals surface area contributed by atoms with E-state index in [0.29, 0.717) is 19.8 Å². The van der Waals surface area contributed by atoms with Crippen molar-refractivity contribution >= 4 is 9.05 Å². The van der Waals surface area contributed by atoms with Crippen molar-refractivity contribution in [3.8, 4) is 0 Å². The fourth-order valence-corrected chi connectivity index (χ4v) is 3.00. The van der Waals surface area contributed by atoms with Crippen LogP contribution in [-0.4, -0.2) is 36.0 Å². The topological polar surface area (TPSA) is 36.9 Å². The molecular formula is C11H26O4Si. The van der Waals surface area contributed by atoms with Gasteiger partial charge in [-0.2, -0.15) is 0 Å². The highest BCUT2D eigenvalue weighted by atomic mass is 28.4. The number of unbranched alkanes of at least 4 members (excludes halogenated alkanes) is 1. The zero-order valence-corrected chi connectivity index (χ0v) is 12.1. The van der Waals surface area contributed by atoms with E-state index in [-0.39, 0.29) is 0 Å². The van der Waals surface area contributed by atoms with Crippen LogP contribution in [0, 0.1) is 0 Å². The van der Waals surface area contributed by atoms with E-state index in [4.69, 9.17) is 17.7 Å². The SMILES string of the molecule is CCCCO[Si](OC)(OCCC)OCCC. The summed E-state index contributed by atoms with van der Waals surface area (Å²) in [5.41, 5.74) is 0. The van der Waals surface area contributed by atoms with E-state index in [9.17, 15) is 0 Å². The minimum Gasteiger partial charge on any atom is -0.355 e. The van der Waals surface area contributed by atoms with Crippen molar-refractivity contribution in [2.24, 2.45) is 0 Å². The van der Waals surface area contributed by atoms with Crippen molar-refractivity contribution in [3.05, 3.63) is 0 Å². The normalized spacial score (nSPS) is 12.0. The quantitative estimate of drug-likeness (QED) is 0.417. The van der Waals surface area contributed by atoms with Crippen molar-refractivity contribution in [3.63, 3.8) is 0 Å². The summed E-state index contributed by atoms with van der Waals surface area (Å²) >= 11 is 0. The fraction of sp³-hybridized carbons (Fsp3) is 1.00. The third-order valence-electron chi connectivity index (χ3n) is 1.99. The van der Waals surface area contributed by atoms with Crippen LogP contribution in [0.1, 0.15) is 46.5 Å². The van der Waals surface area contributed by atoms with Gasteiger partial charge in [0.25, 0.3) is 0 Å². The smallest absolute Gasteiger partial charge is 0.355 e. The third-order valence-corrected chi connectivity index (χ3v) is 4.17. The summed E-state index contributed by atoms with van der Waals surface area (Å²) in [6, 6.07) is 0. The highest BCUT2D eigenvalue weighted by Gasteiger charge is 2.44.